The van der Waals surface area contributed by atoms with Gasteiger partial charge in [0.05, 0.1) is 13.7 Å². The summed E-state index contributed by atoms with van der Waals surface area (Å²) in [5.41, 5.74) is 2.47. The number of furan rings is 1. The Hall–Kier alpha value is -3.42. The van der Waals surface area contributed by atoms with Crippen LogP contribution in [0, 0.1) is 6.92 Å². The largest absolute Gasteiger partial charge is 0.465 e. The molecule has 164 valence electrons. The Labute approximate surface area is 181 Å². The lowest BCUT2D eigenvalue weighted by molar-refractivity contribution is -0.130. The number of methoxy groups -OCH3 is 1. The maximum Gasteiger partial charge on any atom is 0.341 e. The minimum Gasteiger partial charge on any atom is -0.465 e. The number of nitrogens with zero attached hydrogens (tertiary/aromatic N) is 3. The van der Waals surface area contributed by atoms with Gasteiger partial charge in [0.15, 0.2) is 0 Å². The van der Waals surface area contributed by atoms with Gasteiger partial charge in [0.25, 0.3) is 0 Å². The molecule has 0 saturated carbocycles. The summed E-state index contributed by atoms with van der Waals surface area (Å²) in [5.74, 6) is 1.78. The van der Waals surface area contributed by atoms with Crippen LogP contribution in [0.5, 0.6) is 0 Å². The fourth-order valence-corrected chi connectivity index (χ4v) is 3.15. The van der Waals surface area contributed by atoms with Gasteiger partial charge in [-0.05, 0) is 24.5 Å². The average molecular weight is 425 g/mol. The van der Waals surface area contributed by atoms with Crippen molar-refractivity contribution in [1.82, 2.24) is 15.0 Å². The maximum atomic E-state index is 12.5. The first-order valence-electron chi connectivity index (χ1n) is 10.1. The zero-order chi connectivity index (χ0) is 22.5. The third-order valence-electron chi connectivity index (χ3n) is 5.05. The van der Waals surface area contributed by atoms with Crippen LogP contribution in [0.25, 0.3) is 11.4 Å². The van der Waals surface area contributed by atoms with Gasteiger partial charge in [-0.15, -0.1) is 0 Å². The third-order valence-corrected chi connectivity index (χ3v) is 5.05. The van der Waals surface area contributed by atoms with Crippen molar-refractivity contribution >= 4 is 11.9 Å². The van der Waals surface area contributed by atoms with Crippen molar-refractivity contribution in [1.29, 1.82) is 0 Å². The van der Waals surface area contributed by atoms with Gasteiger partial charge >= 0.3 is 5.97 Å². The van der Waals surface area contributed by atoms with E-state index < -0.39 is 5.97 Å². The second-order valence-corrected chi connectivity index (χ2v) is 7.71. The van der Waals surface area contributed by atoms with Gasteiger partial charge in [-0.25, -0.2) is 4.79 Å². The molecular formula is C23H27N3O5. The van der Waals surface area contributed by atoms with Gasteiger partial charge in [-0.1, -0.05) is 43.3 Å². The lowest BCUT2D eigenvalue weighted by Gasteiger charge is -2.14. The van der Waals surface area contributed by atoms with Crippen molar-refractivity contribution in [3.05, 3.63) is 58.9 Å². The summed E-state index contributed by atoms with van der Waals surface area (Å²) in [5, 5.41) is 4.02. The molecular weight excluding hydrogens is 398 g/mol. The highest BCUT2D eigenvalue weighted by Crippen LogP contribution is 2.21. The van der Waals surface area contributed by atoms with Crippen LogP contribution in [-0.2, 0) is 22.5 Å². The molecule has 0 bridgehead atoms. The number of aryl methyl sites for hydroxylation is 2. The minimum atomic E-state index is -0.465. The molecule has 1 amide bonds. The van der Waals surface area contributed by atoms with Crippen molar-refractivity contribution in [2.75, 3.05) is 14.2 Å². The van der Waals surface area contributed by atoms with Crippen LogP contribution >= 0.6 is 0 Å². The molecule has 0 aliphatic carbocycles. The molecule has 0 unspecified atom stereocenters. The van der Waals surface area contributed by atoms with Crippen LogP contribution < -0.4 is 0 Å². The SMILES string of the molecule is COC(=O)c1cc(CN(C)C(=O)CCc2nc(-c3ccc(C(C)C)cc3)no2)oc1C. The number of rotatable bonds is 8. The molecule has 8 heteroatoms. The maximum absolute atomic E-state index is 12.5. The lowest BCUT2D eigenvalue weighted by Crippen LogP contribution is -2.26. The fraction of sp³-hybridized carbons (Fsp3) is 0.391. The molecule has 0 aliphatic heterocycles. The molecule has 0 atom stereocenters. The second-order valence-electron chi connectivity index (χ2n) is 7.71. The average Bonchev–Trinajstić information content (AvgIpc) is 3.38. The quantitative estimate of drug-likeness (QED) is 0.500. The molecule has 0 fully saturated rings. The van der Waals surface area contributed by atoms with E-state index in [-0.39, 0.29) is 18.9 Å². The van der Waals surface area contributed by atoms with Gasteiger partial charge in [0.1, 0.15) is 17.1 Å². The van der Waals surface area contributed by atoms with E-state index in [1.54, 1.807) is 20.0 Å². The van der Waals surface area contributed by atoms with Crippen LogP contribution in [0.3, 0.4) is 0 Å². The Morgan fingerprint density at radius 2 is 1.90 bits per heavy atom. The monoisotopic (exact) mass is 425 g/mol. The lowest BCUT2D eigenvalue weighted by atomic mass is 10.0. The summed E-state index contributed by atoms with van der Waals surface area (Å²) in [6.45, 7) is 6.20. The van der Waals surface area contributed by atoms with E-state index in [1.807, 2.05) is 12.1 Å². The molecule has 3 aromatic rings. The number of ether oxygens (including phenoxy) is 1. The number of amides is 1. The van der Waals surface area contributed by atoms with Gasteiger partial charge in [-0.2, -0.15) is 4.98 Å². The van der Waals surface area contributed by atoms with E-state index in [4.69, 9.17) is 13.7 Å². The molecule has 0 saturated heterocycles. The highest BCUT2D eigenvalue weighted by Gasteiger charge is 2.19. The van der Waals surface area contributed by atoms with E-state index in [1.165, 1.54) is 17.6 Å². The Morgan fingerprint density at radius 3 is 2.55 bits per heavy atom. The van der Waals surface area contributed by atoms with Crippen LogP contribution in [0.15, 0.2) is 39.3 Å². The molecule has 2 heterocycles. The molecule has 1 aromatic carbocycles. The van der Waals surface area contributed by atoms with Crippen molar-refractivity contribution < 1.29 is 23.3 Å². The first-order chi connectivity index (χ1) is 14.8. The zero-order valence-corrected chi connectivity index (χ0v) is 18.5. The van der Waals surface area contributed by atoms with Crippen LogP contribution in [0.2, 0.25) is 0 Å². The van der Waals surface area contributed by atoms with E-state index in [2.05, 4.69) is 36.1 Å². The number of carbonyl (C=O) groups is 2. The molecule has 0 radical (unpaired) electrons. The van der Waals surface area contributed by atoms with Crippen LogP contribution in [0.1, 0.15) is 59.5 Å². The normalized spacial score (nSPS) is 11.0. The smallest absolute Gasteiger partial charge is 0.341 e. The van der Waals surface area contributed by atoms with Crippen LogP contribution in [-0.4, -0.2) is 41.1 Å². The Bertz CT molecular complexity index is 1050. The number of benzene rings is 1. The first-order valence-corrected chi connectivity index (χ1v) is 10.1. The Balaban J connectivity index is 1.55. The number of hydrogen-bond donors (Lipinski definition) is 0. The molecule has 8 nitrogen and oxygen atoms in total. The molecule has 2 aromatic heterocycles. The molecule has 0 aliphatic rings. The summed E-state index contributed by atoms with van der Waals surface area (Å²) >= 11 is 0. The predicted molar refractivity (Wildman–Crippen MR) is 113 cm³/mol. The zero-order valence-electron chi connectivity index (χ0n) is 18.5. The molecule has 3 rings (SSSR count). The summed E-state index contributed by atoms with van der Waals surface area (Å²) in [6, 6.07) is 9.64. The van der Waals surface area contributed by atoms with E-state index in [0.717, 1.165) is 5.56 Å². The van der Waals surface area contributed by atoms with E-state index in [9.17, 15) is 9.59 Å². The number of esters is 1. The Morgan fingerprint density at radius 1 is 1.19 bits per heavy atom. The number of carbonyl (C=O) groups excluding carboxylic acids is 2. The Kier molecular flexibility index (Phi) is 6.89. The van der Waals surface area contributed by atoms with E-state index in [0.29, 0.717) is 41.1 Å². The summed E-state index contributed by atoms with van der Waals surface area (Å²) in [7, 11) is 2.99. The molecule has 0 N–H and O–H groups in total. The van der Waals surface area contributed by atoms with Gasteiger partial charge < -0.3 is 18.6 Å². The van der Waals surface area contributed by atoms with Gasteiger partial charge in [-0.3, -0.25) is 4.79 Å². The predicted octanol–water partition coefficient (Wildman–Crippen LogP) is 4.14. The third kappa shape index (κ3) is 5.39. The number of aromatic nitrogens is 2. The van der Waals surface area contributed by atoms with Crippen molar-refractivity contribution in [2.45, 2.75) is 46.1 Å². The standard InChI is InChI=1S/C23H27N3O5/c1-14(2)16-6-8-17(9-7-16)22-24-20(31-25-22)10-11-21(27)26(4)13-18-12-19(15(3)30-18)23(28)29-5/h6-9,12,14H,10-11,13H2,1-5H3. The summed E-state index contributed by atoms with van der Waals surface area (Å²) < 4.78 is 15.6. The summed E-state index contributed by atoms with van der Waals surface area (Å²) in [6.07, 6.45) is 0.554. The molecule has 31 heavy (non-hydrogen) atoms. The fourth-order valence-electron chi connectivity index (χ4n) is 3.15. The van der Waals surface area contributed by atoms with Crippen molar-refractivity contribution in [3.63, 3.8) is 0 Å². The van der Waals surface area contributed by atoms with Crippen molar-refractivity contribution in [2.24, 2.45) is 0 Å². The first kappa shape index (κ1) is 22.3. The topological polar surface area (TPSA) is 98.7 Å². The molecule has 0 spiro atoms. The van der Waals surface area contributed by atoms with E-state index >= 15 is 0 Å². The van der Waals surface area contributed by atoms with Crippen LogP contribution in [0.4, 0.5) is 0 Å². The number of hydrogen-bond acceptors (Lipinski definition) is 7. The second kappa shape index (κ2) is 9.59. The highest BCUT2D eigenvalue weighted by molar-refractivity contribution is 5.90. The highest BCUT2D eigenvalue weighted by atomic mass is 16.5. The minimum absolute atomic E-state index is 0.102. The van der Waals surface area contributed by atoms with Gasteiger partial charge in [0.2, 0.25) is 17.6 Å². The van der Waals surface area contributed by atoms with Crippen molar-refractivity contribution in [3.8, 4) is 11.4 Å². The van der Waals surface area contributed by atoms with Gasteiger partial charge in [0, 0.05) is 25.5 Å². The summed E-state index contributed by atoms with van der Waals surface area (Å²) in [4.78, 5) is 30.1.